The lowest BCUT2D eigenvalue weighted by Gasteiger charge is -2.27. The standard InChI is InChI=1S/C23H30N4O2S/c1-16(2)24-23(29)26-21-9-5-4-8-19(21)22(28)25-20-10-6-7-18(17(20)3)15-27-11-13-30-14-12-27/h4-10,16H,11-15H2,1-3H3,(H,25,28)(H2,24,26,29). The van der Waals surface area contributed by atoms with E-state index < -0.39 is 0 Å². The molecule has 0 atom stereocenters. The zero-order valence-electron chi connectivity index (χ0n) is 17.8. The van der Waals surface area contributed by atoms with Crippen LogP contribution in [0.15, 0.2) is 42.5 Å². The van der Waals surface area contributed by atoms with Crippen LogP contribution in [0.3, 0.4) is 0 Å². The summed E-state index contributed by atoms with van der Waals surface area (Å²) in [6.07, 6.45) is 0. The summed E-state index contributed by atoms with van der Waals surface area (Å²) in [4.78, 5) is 27.5. The van der Waals surface area contributed by atoms with Crippen LogP contribution in [0.1, 0.15) is 35.3 Å². The molecule has 2 aromatic rings. The lowest BCUT2D eigenvalue weighted by Crippen LogP contribution is -2.34. The molecule has 30 heavy (non-hydrogen) atoms. The van der Waals surface area contributed by atoms with Crippen molar-refractivity contribution in [1.29, 1.82) is 0 Å². The first-order valence-electron chi connectivity index (χ1n) is 10.3. The highest BCUT2D eigenvalue weighted by atomic mass is 32.2. The van der Waals surface area contributed by atoms with Crippen LogP contribution in [0.25, 0.3) is 0 Å². The van der Waals surface area contributed by atoms with Crippen LogP contribution in [0, 0.1) is 6.92 Å². The Bertz CT molecular complexity index is 895. The number of amides is 3. The quantitative estimate of drug-likeness (QED) is 0.643. The van der Waals surface area contributed by atoms with Gasteiger partial charge in [0.05, 0.1) is 11.3 Å². The molecule has 0 aromatic heterocycles. The third-order valence-corrected chi connectivity index (χ3v) is 5.97. The van der Waals surface area contributed by atoms with E-state index in [1.54, 1.807) is 24.3 Å². The van der Waals surface area contributed by atoms with E-state index in [0.717, 1.165) is 30.9 Å². The van der Waals surface area contributed by atoms with E-state index in [1.165, 1.54) is 17.1 Å². The molecule has 3 rings (SSSR count). The first kappa shape index (κ1) is 22.2. The number of carbonyl (C=O) groups is 2. The molecule has 3 amide bonds. The van der Waals surface area contributed by atoms with E-state index >= 15 is 0 Å². The molecule has 3 N–H and O–H groups in total. The fraction of sp³-hybridized carbons (Fsp3) is 0.391. The first-order valence-corrected chi connectivity index (χ1v) is 11.5. The highest BCUT2D eigenvalue weighted by Crippen LogP contribution is 2.24. The van der Waals surface area contributed by atoms with Gasteiger partial charge in [0.1, 0.15) is 0 Å². The van der Waals surface area contributed by atoms with Gasteiger partial charge in [0.15, 0.2) is 0 Å². The van der Waals surface area contributed by atoms with Gasteiger partial charge in [-0.2, -0.15) is 11.8 Å². The summed E-state index contributed by atoms with van der Waals surface area (Å²) in [5.74, 6) is 2.10. The maximum atomic E-state index is 13.0. The Kier molecular flexibility index (Phi) is 7.76. The summed E-state index contributed by atoms with van der Waals surface area (Å²) in [5, 5.41) is 8.57. The van der Waals surface area contributed by atoms with Gasteiger partial charge in [0.2, 0.25) is 0 Å². The van der Waals surface area contributed by atoms with E-state index in [2.05, 4.69) is 26.9 Å². The predicted molar refractivity (Wildman–Crippen MR) is 125 cm³/mol. The molecule has 1 aliphatic rings. The number of urea groups is 1. The van der Waals surface area contributed by atoms with Crippen LogP contribution in [-0.2, 0) is 6.54 Å². The number of hydrogen-bond acceptors (Lipinski definition) is 4. The summed E-state index contributed by atoms with van der Waals surface area (Å²) in [7, 11) is 0. The van der Waals surface area contributed by atoms with E-state index in [-0.39, 0.29) is 18.0 Å². The molecule has 1 aliphatic heterocycles. The predicted octanol–water partition coefficient (Wildman–Crippen LogP) is 4.33. The lowest BCUT2D eigenvalue weighted by molar-refractivity contribution is 0.102. The fourth-order valence-corrected chi connectivity index (χ4v) is 4.37. The van der Waals surface area contributed by atoms with Crippen LogP contribution in [0.5, 0.6) is 0 Å². The third kappa shape index (κ3) is 6.00. The van der Waals surface area contributed by atoms with Gasteiger partial charge in [0, 0.05) is 42.9 Å². The number of benzene rings is 2. The molecule has 1 heterocycles. The largest absolute Gasteiger partial charge is 0.336 e. The molecule has 160 valence electrons. The van der Waals surface area contributed by atoms with E-state index in [4.69, 9.17) is 0 Å². The smallest absolute Gasteiger partial charge is 0.319 e. The second kappa shape index (κ2) is 10.5. The summed E-state index contributed by atoms with van der Waals surface area (Å²) < 4.78 is 0. The number of nitrogens with zero attached hydrogens (tertiary/aromatic N) is 1. The second-order valence-electron chi connectivity index (χ2n) is 7.73. The van der Waals surface area contributed by atoms with E-state index in [0.29, 0.717) is 11.3 Å². The molecule has 7 heteroatoms. The molecule has 0 aliphatic carbocycles. The number of para-hydroxylation sites is 1. The van der Waals surface area contributed by atoms with Crippen molar-refractivity contribution >= 4 is 35.1 Å². The van der Waals surface area contributed by atoms with Crippen molar-refractivity contribution in [2.45, 2.75) is 33.4 Å². The van der Waals surface area contributed by atoms with Crippen LogP contribution < -0.4 is 16.0 Å². The number of carbonyl (C=O) groups excluding carboxylic acids is 2. The van der Waals surface area contributed by atoms with Gasteiger partial charge in [0.25, 0.3) is 5.91 Å². The molecule has 0 bridgehead atoms. The Balaban J connectivity index is 1.73. The summed E-state index contributed by atoms with van der Waals surface area (Å²) in [6.45, 7) is 8.90. The van der Waals surface area contributed by atoms with Gasteiger partial charge < -0.3 is 16.0 Å². The van der Waals surface area contributed by atoms with Crippen LogP contribution in [0.2, 0.25) is 0 Å². The minimum atomic E-state index is -0.330. The Morgan fingerprint density at radius 2 is 1.70 bits per heavy atom. The van der Waals surface area contributed by atoms with Crippen molar-refractivity contribution in [2.75, 3.05) is 35.2 Å². The Hall–Kier alpha value is -2.51. The summed E-state index contributed by atoms with van der Waals surface area (Å²) >= 11 is 2.00. The van der Waals surface area contributed by atoms with Gasteiger partial charge in [-0.15, -0.1) is 0 Å². The first-order chi connectivity index (χ1) is 14.4. The SMILES string of the molecule is Cc1c(CN2CCSCC2)cccc1NC(=O)c1ccccc1NC(=O)NC(C)C. The zero-order valence-corrected chi connectivity index (χ0v) is 18.6. The minimum absolute atomic E-state index is 0.00914. The molecule has 0 unspecified atom stereocenters. The molecule has 2 aromatic carbocycles. The summed E-state index contributed by atoms with van der Waals surface area (Å²) in [6, 6.07) is 12.7. The second-order valence-corrected chi connectivity index (χ2v) is 8.96. The molecule has 1 fully saturated rings. The number of nitrogens with one attached hydrogen (secondary N) is 3. The van der Waals surface area contributed by atoms with Gasteiger partial charge in [-0.25, -0.2) is 4.79 Å². The summed E-state index contributed by atoms with van der Waals surface area (Å²) in [5.41, 5.74) is 4.00. The topological polar surface area (TPSA) is 73.5 Å². The van der Waals surface area contributed by atoms with Crippen molar-refractivity contribution < 1.29 is 9.59 Å². The molecule has 6 nitrogen and oxygen atoms in total. The molecule has 0 radical (unpaired) electrons. The lowest BCUT2D eigenvalue weighted by atomic mass is 10.1. The van der Waals surface area contributed by atoms with Crippen molar-refractivity contribution in [3.05, 3.63) is 59.2 Å². The minimum Gasteiger partial charge on any atom is -0.336 e. The monoisotopic (exact) mass is 426 g/mol. The highest BCUT2D eigenvalue weighted by molar-refractivity contribution is 7.99. The van der Waals surface area contributed by atoms with Gasteiger partial charge in [-0.1, -0.05) is 24.3 Å². The number of anilines is 2. The molecular formula is C23H30N4O2S. The van der Waals surface area contributed by atoms with Crippen LogP contribution in [0.4, 0.5) is 16.2 Å². The maximum absolute atomic E-state index is 13.0. The number of hydrogen-bond donors (Lipinski definition) is 3. The molecule has 0 spiro atoms. The number of rotatable bonds is 6. The number of thioether (sulfide) groups is 1. The van der Waals surface area contributed by atoms with Gasteiger partial charge in [-0.05, 0) is 50.1 Å². The van der Waals surface area contributed by atoms with Crippen molar-refractivity contribution in [1.82, 2.24) is 10.2 Å². The maximum Gasteiger partial charge on any atom is 0.319 e. The van der Waals surface area contributed by atoms with Crippen LogP contribution in [-0.4, -0.2) is 47.5 Å². The average Bonchev–Trinajstić information content (AvgIpc) is 2.71. The van der Waals surface area contributed by atoms with Crippen molar-refractivity contribution in [3.63, 3.8) is 0 Å². The normalized spacial score (nSPS) is 14.4. The zero-order chi connectivity index (χ0) is 21.5. The Morgan fingerprint density at radius 1 is 1.00 bits per heavy atom. The Morgan fingerprint density at radius 3 is 2.43 bits per heavy atom. The Labute approximate surface area is 182 Å². The van der Waals surface area contributed by atoms with Crippen molar-refractivity contribution in [3.8, 4) is 0 Å². The van der Waals surface area contributed by atoms with Gasteiger partial charge >= 0.3 is 6.03 Å². The average molecular weight is 427 g/mol. The molecular weight excluding hydrogens is 396 g/mol. The third-order valence-electron chi connectivity index (χ3n) is 5.03. The van der Waals surface area contributed by atoms with Crippen LogP contribution >= 0.6 is 11.8 Å². The van der Waals surface area contributed by atoms with Crippen molar-refractivity contribution in [2.24, 2.45) is 0 Å². The molecule has 1 saturated heterocycles. The fourth-order valence-electron chi connectivity index (χ4n) is 3.39. The highest BCUT2D eigenvalue weighted by Gasteiger charge is 2.17. The van der Waals surface area contributed by atoms with E-state index in [1.807, 2.05) is 44.7 Å². The molecule has 0 saturated carbocycles. The van der Waals surface area contributed by atoms with E-state index in [9.17, 15) is 9.59 Å². The van der Waals surface area contributed by atoms with Gasteiger partial charge in [-0.3, -0.25) is 9.69 Å².